The average molecular weight is 162 g/mol. The number of carbonyl (C=O) groups is 1. The van der Waals surface area contributed by atoms with E-state index in [0.717, 1.165) is 0 Å². The van der Waals surface area contributed by atoms with Crippen LogP contribution in [0.1, 0.15) is 6.92 Å². The van der Waals surface area contributed by atoms with Gasteiger partial charge < -0.3 is 10.6 Å². The lowest BCUT2D eigenvalue weighted by molar-refractivity contribution is -0.120. The van der Waals surface area contributed by atoms with Crippen molar-refractivity contribution >= 4 is 18.5 Å². The van der Waals surface area contributed by atoms with Crippen molar-refractivity contribution in [3.8, 4) is 0 Å². The molecule has 0 radical (unpaired) electrons. The molecule has 60 valence electrons. The molecule has 3 nitrogen and oxygen atoms in total. The minimum atomic E-state index is 0.0176. The van der Waals surface area contributed by atoms with Crippen LogP contribution in [-0.2, 0) is 4.79 Å². The van der Waals surface area contributed by atoms with Crippen molar-refractivity contribution in [2.75, 3.05) is 19.3 Å². The van der Waals surface area contributed by atoms with Crippen molar-refractivity contribution < 1.29 is 4.79 Å². The fourth-order valence-corrected chi connectivity index (χ4v) is 0.623. The molecule has 0 saturated carbocycles. The third-order valence-electron chi connectivity index (χ3n) is 1.02. The van der Waals surface area contributed by atoms with Crippen molar-refractivity contribution in [2.45, 2.75) is 13.0 Å². The molecule has 0 bridgehead atoms. The van der Waals surface area contributed by atoms with Gasteiger partial charge in [-0.25, -0.2) is 0 Å². The number of nitrogens with one attached hydrogen (secondary N) is 2. The first-order valence-electron chi connectivity index (χ1n) is 3.25. The van der Waals surface area contributed by atoms with E-state index in [1.807, 2.05) is 6.92 Å². The van der Waals surface area contributed by atoms with Crippen molar-refractivity contribution in [2.24, 2.45) is 0 Å². The van der Waals surface area contributed by atoms with Crippen LogP contribution in [0.2, 0.25) is 0 Å². The van der Waals surface area contributed by atoms with Crippen LogP contribution in [0.3, 0.4) is 0 Å². The molecule has 0 aliphatic rings. The van der Waals surface area contributed by atoms with E-state index in [0.29, 0.717) is 12.3 Å². The number of rotatable bonds is 4. The summed E-state index contributed by atoms with van der Waals surface area (Å²) in [4.78, 5) is 10.8. The molecular weight excluding hydrogens is 148 g/mol. The van der Waals surface area contributed by atoms with E-state index in [1.54, 1.807) is 7.05 Å². The SMILES string of the molecule is CNCC(=O)NC(C)CS. The molecule has 0 rings (SSSR count). The molecule has 0 aliphatic carbocycles. The number of hydrogen-bond donors (Lipinski definition) is 3. The Morgan fingerprint density at radius 1 is 1.70 bits per heavy atom. The Morgan fingerprint density at radius 3 is 2.70 bits per heavy atom. The first-order chi connectivity index (χ1) is 4.70. The van der Waals surface area contributed by atoms with Crippen LogP contribution in [0.5, 0.6) is 0 Å². The summed E-state index contributed by atoms with van der Waals surface area (Å²) < 4.78 is 0. The average Bonchev–Trinajstić information content (AvgIpc) is 1.88. The molecule has 0 heterocycles. The summed E-state index contributed by atoms with van der Waals surface area (Å²) >= 11 is 4.02. The molecule has 2 N–H and O–H groups in total. The molecule has 0 aliphatic heterocycles. The minimum Gasteiger partial charge on any atom is -0.352 e. The minimum absolute atomic E-state index is 0.0176. The summed E-state index contributed by atoms with van der Waals surface area (Å²) in [6.45, 7) is 2.29. The second kappa shape index (κ2) is 5.56. The zero-order valence-corrected chi connectivity index (χ0v) is 7.24. The lowest BCUT2D eigenvalue weighted by atomic mass is 10.4. The number of likely N-dealkylation sites (N-methyl/N-ethyl adjacent to an activating group) is 1. The Bertz CT molecular complexity index is 108. The number of hydrogen-bond acceptors (Lipinski definition) is 3. The van der Waals surface area contributed by atoms with Crippen molar-refractivity contribution in [3.63, 3.8) is 0 Å². The second-order valence-corrected chi connectivity index (χ2v) is 2.55. The van der Waals surface area contributed by atoms with Crippen molar-refractivity contribution in [3.05, 3.63) is 0 Å². The predicted octanol–water partition coefficient (Wildman–Crippen LogP) is -0.360. The zero-order chi connectivity index (χ0) is 7.98. The Balaban J connectivity index is 3.37. The highest BCUT2D eigenvalue weighted by atomic mass is 32.1. The van der Waals surface area contributed by atoms with Gasteiger partial charge in [-0.3, -0.25) is 4.79 Å². The van der Waals surface area contributed by atoms with Crippen molar-refractivity contribution in [1.29, 1.82) is 0 Å². The molecule has 0 aromatic heterocycles. The van der Waals surface area contributed by atoms with Gasteiger partial charge in [-0.1, -0.05) is 0 Å². The van der Waals surface area contributed by atoms with Gasteiger partial charge in [0.1, 0.15) is 0 Å². The van der Waals surface area contributed by atoms with Gasteiger partial charge in [0, 0.05) is 11.8 Å². The number of thiol groups is 1. The maximum absolute atomic E-state index is 10.8. The van der Waals surface area contributed by atoms with Crippen LogP contribution in [-0.4, -0.2) is 31.3 Å². The van der Waals surface area contributed by atoms with Gasteiger partial charge in [-0.2, -0.15) is 12.6 Å². The Labute approximate surface area is 67.0 Å². The van der Waals surface area contributed by atoms with Gasteiger partial charge in [0.05, 0.1) is 6.54 Å². The lowest BCUT2D eigenvalue weighted by Gasteiger charge is -2.09. The van der Waals surface area contributed by atoms with Gasteiger partial charge >= 0.3 is 0 Å². The summed E-state index contributed by atoms with van der Waals surface area (Å²) in [5, 5.41) is 5.51. The third-order valence-corrected chi connectivity index (χ3v) is 1.57. The van der Waals surface area contributed by atoms with Crippen LogP contribution in [0, 0.1) is 0 Å². The first kappa shape index (κ1) is 9.78. The lowest BCUT2D eigenvalue weighted by Crippen LogP contribution is -2.38. The van der Waals surface area contributed by atoms with E-state index in [-0.39, 0.29) is 11.9 Å². The zero-order valence-electron chi connectivity index (χ0n) is 6.35. The van der Waals surface area contributed by atoms with Crippen LogP contribution in [0.4, 0.5) is 0 Å². The smallest absolute Gasteiger partial charge is 0.234 e. The van der Waals surface area contributed by atoms with Crippen molar-refractivity contribution in [1.82, 2.24) is 10.6 Å². The number of carbonyl (C=O) groups excluding carboxylic acids is 1. The van der Waals surface area contributed by atoms with E-state index in [9.17, 15) is 4.79 Å². The third kappa shape index (κ3) is 4.64. The molecule has 1 atom stereocenters. The van der Waals surface area contributed by atoms with Gasteiger partial charge in [-0.05, 0) is 14.0 Å². The quantitative estimate of drug-likeness (QED) is 0.494. The van der Waals surface area contributed by atoms with Crippen LogP contribution >= 0.6 is 12.6 Å². The molecule has 0 aromatic carbocycles. The van der Waals surface area contributed by atoms with Gasteiger partial charge in [0.25, 0.3) is 0 Å². The van der Waals surface area contributed by atoms with Gasteiger partial charge in [0.15, 0.2) is 0 Å². The normalized spacial score (nSPS) is 12.7. The highest BCUT2D eigenvalue weighted by Gasteiger charge is 2.02. The fraction of sp³-hybridized carbons (Fsp3) is 0.833. The van der Waals surface area contributed by atoms with E-state index in [1.165, 1.54) is 0 Å². The van der Waals surface area contributed by atoms with Crippen LogP contribution in [0.15, 0.2) is 0 Å². The monoisotopic (exact) mass is 162 g/mol. The number of amides is 1. The molecule has 4 heteroatoms. The standard InChI is InChI=1S/C6H14N2OS/c1-5(4-10)8-6(9)3-7-2/h5,7,10H,3-4H2,1-2H3,(H,8,9). The molecule has 10 heavy (non-hydrogen) atoms. The summed E-state index contributed by atoms with van der Waals surface area (Å²) in [5.41, 5.74) is 0. The Kier molecular flexibility index (Phi) is 5.43. The van der Waals surface area contributed by atoms with Gasteiger partial charge in [-0.15, -0.1) is 0 Å². The molecule has 1 amide bonds. The van der Waals surface area contributed by atoms with Crippen LogP contribution < -0.4 is 10.6 Å². The first-order valence-corrected chi connectivity index (χ1v) is 3.88. The molecule has 0 saturated heterocycles. The highest BCUT2D eigenvalue weighted by molar-refractivity contribution is 7.80. The summed E-state index contributed by atoms with van der Waals surface area (Å²) in [6.07, 6.45) is 0. The summed E-state index contributed by atoms with van der Waals surface area (Å²) in [6, 6.07) is 0.157. The second-order valence-electron chi connectivity index (χ2n) is 2.18. The molecular formula is C6H14N2OS. The van der Waals surface area contributed by atoms with E-state index in [2.05, 4.69) is 23.3 Å². The highest BCUT2D eigenvalue weighted by Crippen LogP contribution is 1.83. The van der Waals surface area contributed by atoms with E-state index >= 15 is 0 Å². The van der Waals surface area contributed by atoms with Gasteiger partial charge in [0.2, 0.25) is 5.91 Å². The molecule has 0 spiro atoms. The maximum atomic E-state index is 10.8. The van der Waals surface area contributed by atoms with E-state index < -0.39 is 0 Å². The molecule has 0 aromatic rings. The van der Waals surface area contributed by atoms with Crippen LogP contribution in [0.25, 0.3) is 0 Å². The summed E-state index contributed by atoms with van der Waals surface area (Å²) in [5.74, 6) is 0.694. The Hall–Kier alpha value is -0.220. The topological polar surface area (TPSA) is 41.1 Å². The molecule has 1 unspecified atom stereocenters. The maximum Gasteiger partial charge on any atom is 0.234 e. The largest absolute Gasteiger partial charge is 0.352 e. The predicted molar refractivity (Wildman–Crippen MR) is 45.4 cm³/mol. The summed E-state index contributed by atoms with van der Waals surface area (Å²) in [7, 11) is 1.74. The fourth-order valence-electron chi connectivity index (χ4n) is 0.532. The van der Waals surface area contributed by atoms with E-state index in [4.69, 9.17) is 0 Å². The molecule has 0 fully saturated rings. The Morgan fingerprint density at radius 2 is 2.30 bits per heavy atom.